The van der Waals surface area contributed by atoms with Crippen LogP contribution in [0.25, 0.3) is 0 Å². The molecule has 0 radical (unpaired) electrons. The van der Waals surface area contributed by atoms with E-state index in [1.165, 1.54) is 11.5 Å². The molecule has 0 aromatic carbocycles. The van der Waals surface area contributed by atoms with Gasteiger partial charge in [-0.05, 0) is 20.8 Å². The molecule has 1 aliphatic rings. The lowest BCUT2D eigenvalue weighted by Crippen LogP contribution is -2.50. The van der Waals surface area contributed by atoms with Gasteiger partial charge >= 0.3 is 0 Å². The summed E-state index contributed by atoms with van der Waals surface area (Å²) >= 11 is 1.47. The van der Waals surface area contributed by atoms with E-state index in [-0.39, 0.29) is 0 Å². The highest BCUT2D eigenvalue weighted by Crippen LogP contribution is 2.19. The molecule has 5 nitrogen and oxygen atoms in total. The van der Waals surface area contributed by atoms with Crippen LogP contribution in [-0.4, -0.2) is 57.7 Å². The Morgan fingerprint density at radius 1 is 1.29 bits per heavy atom. The van der Waals surface area contributed by atoms with Crippen LogP contribution in [0, 0.1) is 6.92 Å². The van der Waals surface area contributed by atoms with Crippen molar-refractivity contribution < 1.29 is 5.11 Å². The maximum Gasteiger partial charge on any atom is 0.205 e. The van der Waals surface area contributed by atoms with Crippen molar-refractivity contribution in [2.24, 2.45) is 0 Å². The quantitative estimate of drug-likeness (QED) is 0.864. The van der Waals surface area contributed by atoms with Gasteiger partial charge in [-0.3, -0.25) is 4.90 Å². The van der Waals surface area contributed by atoms with E-state index < -0.39 is 5.60 Å². The third-order valence-corrected chi connectivity index (χ3v) is 3.64. The van der Waals surface area contributed by atoms with Crippen molar-refractivity contribution in [2.75, 3.05) is 37.6 Å². The minimum atomic E-state index is -0.610. The van der Waals surface area contributed by atoms with Crippen LogP contribution in [0.4, 0.5) is 5.13 Å². The van der Waals surface area contributed by atoms with Crippen molar-refractivity contribution in [1.29, 1.82) is 0 Å². The molecule has 0 spiro atoms. The monoisotopic (exact) mass is 256 g/mol. The molecule has 0 aliphatic carbocycles. The second kappa shape index (κ2) is 4.88. The number of aromatic nitrogens is 2. The average Bonchev–Trinajstić information content (AvgIpc) is 2.63. The van der Waals surface area contributed by atoms with Gasteiger partial charge in [-0.15, -0.1) is 0 Å². The van der Waals surface area contributed by atoms with Crippen molar-refractivity contribution in [3.63, 3.8) is 0 Å². The van der Waals surface area contributed by atoms with Crippen LogP contribution in [-0.2, 0) is 0 Å². The van der Waals surface area contributed by atoms with E-state index in [9.17, 15) is 5.11 Å². The SMILES string of the molecule is Cc1nsc(N2CCN(CC(C)(C)O)CC2)n1. The number of aliphatic hydroxyl groups is 1. The highest BCUT2D eigenvalue weighted by Gasteiger charge is 2.23. The van der Waals surface area contributed by atoms with Crippen LogP contribution in [0.5, 0.6) is 0 Å². The molecule has 1 saturated heterocycles. The summed E-state index contributed by atoms with van der Waals surface area (Å²) in [4.78, 5) is 8.96. The highest BCUT2D eigenvalue weighted by molar-refractivity contribution is 7.09. The van der Waals surface area contributed by atoms with Crippen LogP contribution in [0.1, 0.15) is 19.7 Å². The summed E-state index contributed by atoms with van der Waals surface area (Å²) in [5.74, 6) is 0.851. The van der Waals surface area contributed by atoms with Gasteiger partial charge in [0.15, 0.2) is 0 Å². The van der Waals surface area contributed by atoms with Crippen LogP contribution in [0.2, 0.25) is 0 Å². The summed E-state index contributed by atoms with van der Waals surface area (Å²) in [6, 6.07) is 0. The zero-order chi connectivity index (χ0) is 12.5. The Labute approximate surface area is 106 Å². The molecule has 1 aromatic rings. The van der Waals surface area contributed by atoms with Crippen molar-refractivity contribution in [2.45, 2.75) is 26.4 Å². The Kier molecular flexibility index (Phi) is 3.65. The fraction of sp³-hybridized carbons (Fsp3) is 0.818. The fourth-order valence-electron chi connectivity index (χ4n) is 2.06. The molecule has 0 amide bonds. The number of aryl methyl sites for hydroxylation is 1. The number of piperazine rings is 1. The van der Waals surface area contributed by atoms with Crippen molar-refractivity contribution in [3.05, 3.63) is 5.82 Å². The van der Waals surface area contributed by atoms with Gasteiger partial charge in [-0.25, -0.2) is 4.98 Å². The van der Waals surface area contributed by atoms with Crippen LogP contribution in [0.3, 0.4) is 0 Å². The molecule has 1 aliphatic heterocycles. The summed E-state index contributed by atoms with van der Waals surface area (Å²) in [5.41, 5.74) is -0.610. The number of anilines is 1. The fourth-order valence-corrected chi connectivity index (χ4v) is 2.78. The summed E-state index contributed by atoms with van der Waals surface area (Å²) in [6.07, 6.45) is 0. The molecular weight excluding hydrogens is 236 g/mol. The lowest BCUT2D eigenvalue weighted by molar-refractivity contribution is 0.0345. The second-order valence-electron chi connectivity index (χ2n) is 5.20. The van der Waals surface area contributed by atoms with Gasteiger partial charge in [-0.2, -0.15) is 4.37 Å². The third-order valence-electron chi connectivity index (χ3n) is 2.77. The molecule has 0 unspecified atom stereocenters. The number of hydrogen-bond donors (Lipinski definition) is 1. The number of hydrogen-bond acceptors (Lipinski definition) is 6. The van der Waals surface area contributed by atoms with Gasteiger partial charge in [0.1, 0.15) is 5.82 Å². The molecular formula is C11H20N4OS. The molecule has 2 heterocycles. The van der Waals surface area contributed by atoms with Crippen LogP contribution in [0.15, 0.2) is 0 Å². The minimum absolute atomic E-state index is 0.610. The minimum Gasteiger partial charge on any atom is -0.389 e. The molecule has 1 N–H and O–H groups in total. The Bertz CT molecular complexity index is 366. The highest BCUT2D eigenvalue weighted by atomic mass is 32.1. The zero-order valence-electron chi connectivity index (χ0n) is 10.7. The Morgan fingerprint density at radius 2 is 1.94 bits per heavy atom. The smallest absolute Gasteiger partial charge is 0.205 e. The first kappa shape index (κ1) is 12.7. The molecule has 0 bridgehead atoms. The molecule has 0 saturated carbocycles. The maximum atomic E-state index is 9.78. The molecule has 1 fully saturated rings. The van der Waals surface area contributed by atoms with Crippen molar-refractivity contribution in [1.82, 2.24) is 14.3 Å². The molecule has 17 heavy (non-hydrogen) atoms. The Balaban J connectivity index is 1.86. The summed E-state index contributed by atoms with van der Waals surface area (Å²) in [5, 5.41) is 10.8. The average molecular weight is 256 g/mol. The predicted octanol–water partition coefficient (Wildman–Crippen LogP) is 0.739. The molecule has 6 heteroatoms. The third kappa shape index (κ3) is 3.62. The van der Waals surface area contributed by atoms with Gasteiger partial charge in [0.2, 0.25) is 5.13 Å². The maximum absolute atomic E-state index is 9.78. The summed E-state index contributed by atoms with van der Waals surface area (Å²) < 4.78 is 4.21. The first-order chi connectivity index (χ1) is 7.94. The van der Waals surface area contributed by atoms with E-state index in [0.29, 0.717) is 0 Å². The van der Waals surface area contributed by atoms with Gasteiger partial charge < -0.3 is 10.0 Å². The van der Waals surface area contributed by atoms with E-state index in [2.05, 4.69) is 19.2 Å². The number of nitrogens with zero attached hydrogens (tertiary/aromatic N) is 4. The lowest BCUT2D eigenvalue weighted by Gasteiger charge is -2.36. The summed E-state index contributed by atoms with van der Waals surface area (Å²) in [7, 11) is 0. The number of β-amino-alcohol motifs (C(OH)–C–C–N with tert-alkyl or cyclic N) is 1. The van der Waals surface area contributed by atoms with Gasteiger partial charge in [0.05, 0.1) is 5.60 Å². The molecule has 0 atom stereocenters. The molecule has 96 valence electrons. The van der Waals surface area contributed by atoms with Crippen LogP contribution >= 0.6 is 11.5 Å². The first-order valence-corrected chi connectivity index (χ1v) is 6.71. The summed E-state index contributed by atoms with van der Waals surface area (Å²) in [6.45, 7) is 10.2. The van der Waals surface area contributed by atoms with E-state index in [1.54, 1.807) is 0 Å². The van der Waals surface area contributed by atoms with E-state index in [1.807, 2.05) is 20.8 Å². The topological polar surface area (TPSA) is 52.5 Å². The Morgan fingerprint density at radius 3 is 2.41 bits per heavy atom. The van der Waals surface area contributed by atoms with E-state index in [4.69, 9.17) is 0 Å². The first-order valence-electron chi connectivity index (χ1n) is 5.94. The largest absolute Gasteiger partial charge is 0.389 e. The zero-order valence-corrected chi connectivity index (χ0v) is 11.5. The number of rotatable bonds is 3. The van der Waals surface area contributed by atoms with Crippen molar-refractivity contribution >= 4 is 16.7 Å². The predicted molar refractivity (Wildman–Crippen MR) is 69.6 cm³/mol. The normalized spacial score (nSPS) is 18.7. The standard InChI is InChI=1S/C11H20N4OS/c1-9-12-10(17-13-9)15-6-4-14(5-7-15)8-11(2,3)16/h16H,4-8H2,1-3H3. The van der Waals surface area contributed by atoms with E-state index in [0.717, 1.165) is 43.7 Å². The van der Waals surface area contributed by atoms with E-state index >= 15 is 0 Å². The molecule has 2 rings (SSSR count). The van der Waals surface area contributed by atoms with Gasteiger partial charge in [0.25, 0.3) is 0 Å². The van der Waals surface area contributed by atoms with Crippen LogP contribution < -0.4 is 4.90 Å². The van der Waals surface area contributed by atoms with Gasteiger partial charge in [0, 0.05) is 44.3 Å². The lowest BCUT2D eigenvalue weighted by atomic mass is 10.1. The molecule has 1 aromatic heterocycles. The van der Waals surface area contributed by atoms with Gasteiger partial charge in [-0.1, -0.05) is 0 Å². The Hall–Kier alpha value is -0.720. The van der Waals surface area contributed by atoms with Crippen molar-refractivity contribution in [3.8, 4) is 0 Å². The second-order valence-corrected chi connectivity index (χ2v) is 5.93.